The van der Waals surface area contributed by atoms with Crippen LogP contribution in [0.4, 0.5) is 19.3 Å². The molecule has 1 aromatic rings. The molecule has 98 valence electrons. The topological polar surface area (TPSA) is 69.6 Å². The van der Waals surface area contributed by atoms with Gasteiger partial charge >= 0.3 is 12.0 Å². The summed E-state index contributed by atoms with van der Waals surface area (Å²) in [6, 6.07) is 1.98. The molecule has 0 atom stereocenters. The van der Waals surface area contributed by atoms with Gasteiger partial charge in [-0.2, -0.15) is 0 Å². The van der Waals surface area contributed by atoms with Gasteiger partial charge in [-0.1, -0.05) is 0 Å². The van der Waals surface area contributed by atoms with Gasteiger partial charge in [0.25, 0.3) is 0 Å². The van der Waals surface area contributed by atoms with Gasteiger partial charge in [-0.25, -0.2) is 13.6 Å². The minimum Gasteiger partial charge on any atom is -0.481 e. The van der Waals surface area contributed by atoms with Crippen LogP contribution in [0, 0.1) is 11.6 Å². The first-order chi connectivity index (χ1) is 8.38. The number of hydrogen-bond acceptors (Lipinski definition) is 2. The Bertz CT molecular complexity index is 445. The molecule has 1 aromatic carbocycles. The third-order valence-corrected chi connectivity index (χ3v) is 2.12. The summed E-state index contributed by atoms with van der Waals surface area (Å²) in [5, 5.41) is 10.7. The summed E-state index contributed by atoms with van der Waals surface area (Å²) >= 11 is 0. The smallest absolute Gasteiger partial charge is 0.321 e. The third kappa shape index (κ3) is 4.36. The van der Waals surface area contributed by atoms with Crippen molar-refractivity contribution in [2.45, 2.75) is 6.42 Å². The van der Waals surface area contributed by atoms with E-state index >= 15 is 0 Å². The Morgan fingerprint density at radius 1 is 1.28 bits per heavy atom. The van der Waals surface area contributed by atoms with Crippen LogP contribution in [0.3, 0.4) is 0 Å². The molecule has 1 rings (SSSR count). The van der Waals surface area contributed by atoms with Crippen LogP contribution in [0.2, 0.25) is 0 Å². The quantitative estimate of drug-likeness (QED) is 0.866. The van der Waals surface area contributed by atoms with E-state index in [1.807, 2.05) is 0 Å². The Balaban J connectivity index is 2.60. The lowest BCUT2D eigenvalue weighted by atomic mass is 10.3. The van der Waals surface area contributed by atoms with Gasteiger partial charge in [0.1, 0.15) is 11.6 Å². The first kappa shape index (κ1) is 13.9. The molecule has 0 fully saturated rings. The molecule has 0 aromatic heterocycles. The van der Waals surface area contributed by atoms with Crippen molar-refractivity contribution in [2.75, 3.05) is 18.9 Å². The number of nitrogens with zero attached hydrogens (tertiary/aromatic N) is 1. The van der Waals surface area contributed by atoms with Crippen LogP contribution in [0.1, 0.15) is 6.42 Å². The van der Waals surface area contributed by atoms with Crippen LogP contribution in [0.15, 0.2) is 18.2 Å². The molecular formula is C11H12F2N2O3. The number of hydrogen-bond donors (Lipinski definition) is 2. The zero-order valence-electron chi connectivity index (χ0n) is 9.61. The number of rotatable bonds is 4. The third-order valence-electron chi connectivity index (χ3n) is 2.12. The van der Waals surface area contributed by atoms with E-state index in [1.165, 1.54) is 7.05 Å². The maximum absolute atomic E-state index is 12.9. The van der Waals surface area contributed by atoms with Crippen molar-refractivity contribution in [3.8, 4) is 0 Å². The number of carbonyl (C=O) groups is 2. The van der Waals surface area contributed by atoms with Crippen molar-refractivity contribution in [1.29, 1.82) is 0 Å². The molecule has 2 N–H and O–H groups in total. The molecule has 0 radical (unpaired) electrons. The Morgan fingerprint density at radius 3 is 2.33 bits per heavy atom. The molecule has 0 saturated heterocycles. The Hall–Kier alpha value is -2.18. The summed E-state index contributed by atoms with van der Waals surface area (Å²) in [4.78, 5) is 22.9. The summed E-state index contributed by atoms with van der Waals surface area (Å²) in [5.41, 5.74) is -0.0281. The summed E-state index contributed by atoms with van der Waals surface area (Å²) < 4.78 is 25.7. The highest BCUT2D eigenvalue weighted by Crippen LogP contribution is 2.13. The fourth-order valence-corrected chi connectivity index (χ4v) is 1.21. The fraction of sp³-hybridized carbons (Fsp3) is 0.273. The van der Waals surface area contributed by atoms with Crippen LogP contribution >= 0.6 is 0 Å². The van der Waals surface area contributed by atoms with Crippen LogP contribution in [0.5, 0.6) is 0 Å². The maximum atomic E-state index is 12.9. The van der Waals surface area contributed by atoms with Crippen molar-refractivity contribution in [3.05, 3.63) is 29.8 Å². The van der Waals surface area contributed by atoms with Crippen molar-refractivity contribution < 1.29 is 23.5 Å². The molecule has 0 aliphatic heterocycles. The van der Waals surface area contributed by atoms with E-state index in [9.17, 15) is 18.4 Å². The first-order valence-electron chi connectivity index (χ1n) is 5.08. The normalized spacial score (nSPS) is 9.94. The van der Waals surface area contributed by atoms with Gasteiger partial charge in [0.2, 0.25) is 0 Å². The lowest BCUT2D eigenvalue weighted by Gasteiger charge is -2.16. The SMILES string of the molecule is CN(CCC(=O)O)C(=O)Nc1cc(F)cc(F)c1. The highest BCUT2D eigenvalue weighted by molar-refractivity contribution is 5.89. The Kier molecular flexibility index (Phi) is 4.59. The minimum absolute atomic E-state index is 0.00103. The standard InChI is InChI=1S/C11H12F2N2O3/c1-15(3-2-10(16)17)11(18)14-9-5-7(12)4-8(13)6-9/h4-6H,2-3H2,1H3,(H,14,18)(H,16,17). The molecule has 0 aliphatic carbocycles. The van der Waals surface area contributed by atoms with Gasteiger partial charge in [-0.3, -0.25) is 4.79 Å². The second-order valence-corrected chi connectivity index (χ2v) is 3.65. The van der Waals surface area contributed by atoms with Gasteiger partial charge in [0, 0.05) is 25.3 Å². The molecule has 0 unspecified atom stereocenters. The second kappa shape index (κ2) is 5.95. The Morgan fingerprint density at radius 2 is 1.83 bits per heavy atom. The second-order valence-electron chi connectivity index (χ2n) is 3.65. The average Bonchev–Trinajstić information content (AvgIpc) is 2.24. The van der Waals surface area contributed by atoms with Gasteiger partial charge in [-0.05, 0) is 12.1 Å². The lowest BCUT2D eigenvalue weighted by molar-refractivity contribution is -0.137. The molecule has 0 aliphatic rings. The Labute approximate surface area is 102 Å². The molecule has 0 spiro atoms. The number of nitrogens with one attached hydrogen (secondary N) is 1. The maximum Gasteiger partial charge on any atom is 0.321 e. The number of carbonyl (C=O) groups excluding carboxylic acids is 1. The summed E-state index contributed by atoms with van der Waals surface area (Å²) in [6.07, 6.45) is -0.207. The first-order valence-corrected chi connectivity index (χ1v) is 5.08. The van der Waals surface area contributed by atoms with Gasteiger partial charge in [-0.15, -0.1) is 0 Å². The molecule has 5 nitrogen and oxygen atoms in total. The van der Waals surface area contributed by atoms with Crippen LogP contribution < -0.4 is 5.32 Å². The van der Waals surface area contributed by atoms with Gasteiger partial charge < -0.3 is 15.3 Å². The largest absolute Gasteiger partial charge is 0.481 e. The minimum atomic E-state index is -1.04. The zero-order valence-corrected chi connectivity index (χ0v) is 9.61. The summed E-state index contributed by atoms with van der Waals surface area (Å²) in [5.74, 6) is -2.65. The number of aliphatic carboxylic acids is 1. The number of carboxylic acids is 1. The van der Waals surface area contributed by atoms with Crippen LogP contribution in [0.25, 0.3) is 0 Å². The number of amides is 2. The number of urea groups is 1. The molecule has 0 saturated carbocycles. The van der Waals surface area contributed by atoms with E-state index in [1.54, 1.807) is 0 Å². The zero-order chi connectivity index (χ0) is 13.7. The van der Waals surface area contributed by atoms with E-state index in [0.717, 1.165) is 17.0 Å². The average molecular weight is 258 g/mol. The lowest BCUT2D eigenvalue weighted by Crippen LogP contribution is -2.33. The van der Waals surface area contributed by atoms with E-state index in [0.29, 0.717) is 6.07 Å². The van der Waals surface area contributed by atoms with Crippen LogP contribution in [-0.4, -0.2) is 35.6 Å². The van der Waals surface area contributed by atoms with E-state index < -0.39 is 23.6 Å². The van der Waals surface area contributed by atoms with Crippen molar-refractivity contribution in [3.63, 3.8) is 0 Å². The van der Waals surface area contributed by atoms with E-state index in [-0.39, 0.29) is 18.7 Å². The molecular weight excluding hydrogens is 246 g/mol. The fourth-order valence-electron chi connectivity index (χ4n) is 1.21. The monoisotopic (exact) mass is 258 g/mol. The predicted molar refractivity (Wildman–Crippen MR) is 60.3 cm³/mol. The van der Waals surface area contributed by atoms with E-state index in [4.69, 9.17) is 5.11 Å². The van der Waals surface area contributed by atoms with Gasteiger partial charge in [0.05, 0.1) is 6.42 Å². The van der Waals surface area contributed by atoms with Crippen molar-refractivity contribution >= 4 is 17.7 Å². The predicted octanol–water partition coefficient (Wildman–Crippen LogP) is 1.90. The summed E-state index contributed by atoms with van der Waals surface area (Å²) in [6.45, 7) is -0.00103. The molecule has 2 amide bonds. The molecule has 0 heterocycles. The molecule has 0 bridgehead atoms. The highest BCUT2D eigenvalue weighted by Gasteiger charge is 2.11. The number of anilines is 1. The summed E-state index contributed by atoms with van der Waals surface area (Å²) in [7, 11) is 1.38. The van der Waals surface area contributed by atoms with Crippen LogP contribution in [-0.2, 0) is 4.79 Å². The number of carboxylic acid groups (broad SMARTS) is 1. The van der Waals surface area contributed by atoms with Crippen molar-refractivity contribution in [1.82, 2.24) is 4.90 Å². The molecule has 18 heavy (non-hydrogen) atoms. The molecule has 7 heteroatoms. The number of benzene rings is 1. The van der Waals surface area contributed by atoms with Crippen molar-refractivity contribution in [2.24, 2.45) is 0 Å². The van der Waals surface area contributed by atoms with E-state index in [2.05, 4.69) is 5.32 Å². The highest BCUT2D eigenvalue weighted by atomic mass is 19.1. The number of halogens is 2. The van der Waals surface area contributed by atoms with Gasteiger partial charge in [0.15, 0.2) is 0 Å².